The molecule has 3 unspecified atom stereocenters. The van der Waals surface area contributed by atoms with Gasteiger partial charge in [-0.3, -0.25) is 18.6 Å². The van der Waals surface area contributed by atoms with Gasteiger partial charge in [-0.05, 0) is 77.0 Å². The highest BCUT2D eigenvalue weighted by atomic mass is 31.2. The summed E-state index contributed by atoms with van der Waals surface area (Å²) in [6, 6.07) is 0. The van der Waals surface area contributed by atoms with Crippen molar-refractivity contribution >= 4 is 19.8 Å². The smallest absolute Gasteiger partial charge is 0.462 e. The van der Waals surface area contributed by atoms with Gasteiger partial charge in [-0.15, -0.1) is 0 Å². The molecule has 56 heavy (non-hydrogen) atoms. The van der Waals surface area contributed by atoms with Crippen molar-refractivity contribution in [1.29, 1.82) is 0 Å². The quantitative estimate of drug-likeness (QED) is 0.0179. The highest BCUT2D eigenvalue weighted by molar-refractivity contribution is 7.47. The van der Waals surface area contributed by atoms with Crippen molar-refractivity contribution in [3.63, 3.8) is 0 Å². The maximum Gasteiger partial charge on any atom is 0.472 e. The van der Waals surface area contributed by atoms with Crippen LogP contribution in [-0.2, 0) is 37.4 Å². The molecule has 0 spiro atoms. The van der Waals surface area contributed by atoms with E-state index in [1.54, 1.807) is 0 Å². The summed E-state index contributed by atoms with van der Waals surface area (Å²) >= 11 is 0. The number of allylic oxidation sites excluding steroid dienone is 9. The highest BCUT2D eigenvalue weighted by Gasteiger charge is 2.36. The Labute approximate surface area is 338 Å². The lowest BCUT2D eigenvalue weighted by Crippen LogP contribution is -2.29. The van der Waals surface area contributed by atoms with Gasteiger partial charge in [0.2, 0.25) is 0 Å². The first kappa shape index (κ1) is 51.6. The van der Waals surface area contributed by atoms with Crippen molar-refractivity contribution in [1.82, 2.24) is 0 Å². The van der Waals surface area contributed by atoms with Crippen molar-refractivity contribution in [2.24, 2.45) is 0 Å². The predicted octanol–water partition coefficient (Wildman–Crippen LogP) is 10.1. The molecule has 0 aromatic rings. The molecule has 0 amide bonds. The zero-order valence-corrected chi connectivity index (χ0v) is 35.4. The lowest BCUT2D eigenvalue weighted by molar-refractivity contribution is -0.161. The molecule has 322 valence electrons. The van der Waals surface area contributed by atoms with Crippen molar-refractivity contribution in [2.75, 3.05) is 26.4 Å². The maximum absolute atomic E-state index is 12.6. The van der Waals surface area contributed by atoms with E-state index in [4.69, 9.17) is 23.8 Å². The van der Waals surface area contributed by atoms with E-state index >= 15 is 0 Å². The third-order valence-corrected chi connectivity index (χ3v) is 10.0. The number of hydrogen-bond donors (Lipinski definition) is 3. The monoisotopic (exact) mass is 811 g/mol. The Kier molecular flexibility index (Phi) is 33.0. The molecule has 1 aliphatic heterocycles. The van der Waals surface area contributed by atoms with Crippen LogP contribution in [-0.4, -0.2) is 77.9 Å². The Morgan fingerprint density at radius 2 is 1.18 bits per heavy atom. The van der Waals surface area contributed by atoms with Crippen LogP contribution < -0.4 is 0 Å². The van der Waals surface area contributed by atoms with Crippen LogP contribution in [0.4, 0.5) is 0 Å². The third kappa shape index (κ3) is 32.7. The Morgan fingerprint density at radius 1 is 0.643 bits per heavy atom. The number of unbranched alkanes of at least 4 members (excludes halogenated alkanes) is 11. The van der Waals surface area contributed by atoms with Gasteiger partial charge in [0.1, 0.15) is 12.7 Å². The molecule has 0 bridgehead atoms. The Bertz CT molecular complexity index is 1180. The molecule has 1 heterocycles. The number of phosphoric acid groups is 1. The van der Waals surface area contributed by atoms with Crippen LogP contribution in [0, 0.1) is 0 Å². The summed E-state index contributed by atoms with van der Waals surface area (Å²) in [4.78, 5) is 35.0. The zero-order valence-electron chi connectivity index (χ0n) is 34.5. The lowest BCUT2D eigenvalue weighted by Gasteiger charge is -2.20. The number of carbonyl (C=O) groups excluding carboxylic acids is 2. The summed E-state index contributed by atoms with van der Waals surface area (Å²) in [5.74, 6) is -1.02. The second-order valence-corrected chi connectivity index (χ2v) is 15.8. The second kappa shape index (κ2) is 35.8. The molecule has 0 saturated carbocycles. The number of aliphatic hydroxyl groups excluding tert-OH is 2. The molecule has 1 aliphatic rings. The molecule has 5 atom stereocenters. The molecule has 0 aliphatic carbocycles. The Balaban J connectivity index is 2.30. The van der Waals surface area contributed by atoms with Gasteiger partial charge in [0.15, 0.2) is 6.10 Å². The minimum atomic E-state index is -4.64. The van der Waals surface area contributed by atoms with E-state index in [0.717, 1.165) is 64.2 Å². The van der Waals surface area contributed by atoms with E-state index in [1.165, 1.54) is 44.9 Å². The topological polar surface area (TPSA) is 161 Å². The molecule has 11 nitrogen and oxygen atoms in total. The summed E-state index contributed by atoms with van der Waals surface area (Å²) in [7, 11) is -4.64. The number of aliphatic hydroxyl groups is 2. The number of epoxide rings is 1. The molecule has 0 aromatic heterocycles. The fourth-order valence-electron chi connectivity index (χ4n) is 5.64. The first-order valence-corrected chi connectivity index (χ1v) is 22.9. The van der Waals surface area contributed by atoms with E-state index in [9.17, 15) is 24.2 Å². The number of phosphoric ester groups is 1. The lowest BCUT2D eigenvalue weighted by atomic mass is 10.1. The molecule has 1 saturated heterocycles. The van der Waals surface area contributed by atoms with Gasteiger partial charge in [0, 0.05) is 12.8 Å². The van der Waals surface area contributed by atoms with E-state index in [-0.39, 0.29) is 19.4 Å². The van der Waals surface area contributed by atoms with Crippen LogP contribution >= 0.6 is 7.82 Å². The van der Waals surface area contributed by atoms with Crippen LogP contribution in [0.2, 0.25) is 0 Å². The Morgan fingerprint density at radius 3 is 1.84 bits per heavy atom. The Hall–Kier alpha value is -2.37. The van der Waals surface area contributed by atoms with E-state index in [2.05, 4.69) is 73.1 Å². The summed E-state index contributed by atoms with van der Waals surface area (Å²) in [6.07, 6.45) is 40.8. The maximum atomic E-state index is 12.6. The van der Waals surface area contributed by atoms with Gasteiger partial charge in [0.25, 0.3) is 0 Å². The number of rotatable bonds is 38. The van der Waals surface area contributed by atoms with Crippen molar-refractivity contribution in [2.45, 2.75) is 180 Å². The van der Waals surface area contributed by atoms with Crippen molar-refractivity contribution in [3.8, 4) is 0 Å². The summed E-state index contributed by atoms with van der Waals surface area (Å²) in [5.41, 5.74) is 0. The van der Waals surface area contributed by atoms with Crippen molar-refractivity contribution < 1.29 is 52.5 Å². The van der Waals surface area contributed by atoms with Crippen LogP contribution in [0.3, 0.4) is 0 Å². The van der Waals surface area contributed by atoms with Gasteiger partial charge in [-0.2, -0.15) is 0 Å². The van der Waals surface area contributed by atoms with E-state index in [0.29, 0.717) is 31.5 Å². The summed E-state index contributed by atoms with van der Waals surface area (Å²) < 4.78 is 38.3. The average Bonchev–Trinajstić information content (AvgIpc) is 3.94. The molecule has 1 rings (SSSR count). The van der Waals surface area contributed by atoms with E-state index < -0.39 is 51.8 Å². The molecule has 3 N–H and O–H groups in total. The molecular formula is C44H75O11P. The number of hydrogen-bond acceptors (Lipinski definition) is 10. The number of esters is 2. The number of carbonyl (C=O) groups is 2. The normalized spacial score (nSPS) is 18.1. The van der Waals surface area contributed by atoms with Gasteiger partial charge >= 0.3 is 19.8 Å². The predicted molar refractivity (Wildman–Crippen MR) is 223 cm³/mol. The molecule has 0 aromatic carbocycles. The third-order valence-electron chi connectivity index (χ3n) is 9.07. The minimum Gasteiger partial charge on any atom is -0.462 e. The molecule has 1 fully saturated rings. The SMILES string of the molecule is CCCCC/C=C\C/C=C\CCCCCCCC(=O)O[C@H](COC(=O)CCC/C=C\C/C=C\C/C=C\CC1OC1CCCCC)COP(=O)(O)OC[C@@H](O)CO. The van der Waals surface area contributed by atoms with E-state index in [1.807, 2.05) is 6.08 Å². The van der Waals surface area contributed by atoms with Crippen LogP contribution in [0.1, 0.15) is 155 Å². The van der Waals surface area contributed by atoms with Crippen molar-refractivity contribution in [3.05, 3.63) is 60.8 Å². The van der Waals surface area contributed by atoms with Crippen LogP contribution in [0.25, 0.3) is 0 Å². The molecule has 12 heteroatoms. The van der Waals surface area contributed by atoms with Gasteiger partial charge in [-0.25, -0.2) is 4.57 Å². The fourth-order valence-corrected chi connectivity index (χ4v) is 6.43. The van der Waals surface area contributed by atoms with Gasteiger partial charge in [-0.1, -0.05) is 126 Å². The van der Waals surface area contributed by atoms with Crippen LogP contribution in [0.5, 0.6) is 0 Å². The average molecular weight is 811 g/mol. The highest BCUT2D eigenvalue weighted by Crippen LogP contribution is 2.43. The zero-order chi connectivity index (χ0) is 41.0. The molecular weight excluding hydrogens is 735 g/mol. The summed E-state index contributed by atoms with van der Waals surface area (Å²) in [6.45, 7) is 2.22. The number of ether oxygens (including phenoxy) is 3. The standard InChI is InChI=1S/C44H75O11P/c1-3-5-7-8-9-10-11-12-13-14-15-20-23-26-30-34-44(48)54-40(38-53-56(49,50)52-36-39(46)35-45)37-51-43(47)33-29-25-22-19-17-16-18-21-24-28-32-42-41(55-42)31-27-6-4-2/h9-10,12-13,16,18-19,22,24,28,39-42,45-46H,3-8,11,14-15,17,20-21,23,25-27,29-38H2,1-2H3,(H,49,50)/b10-9-,13-12-,18-16-,22-19-,28-24-/t39-,40+,41?,42?/m0/s1. The van der Waals surface area contributed by atoms with Crippen LogP contribution in [0.15, 0.2) is 60.8 Å². The second-order valence-electron chi connectivity index (χ2n) is 14.4. The van der Waals surface area contributed by atoms with Gasteiger partial charge in [0.05, 0.1) is 32.0 Å². The first-order chi connectivity index (χ1) is 27.2. The largest absolute Gasteiger partial charge is 0.472 e. The summed E-state index contributed by atoms with van der Waals surface area (Å²) in [5, 5.41) is 18.3. The van der Waals surface area contributed by atoms with Gasteiger partial charge < -0.3 is 29.3 Å². The molecule has 0 radical (unpaired) electrons. The fraction of sp³-hybridized carbons (Fsp3) is 0.727. The minimum absolute atomic E-state index is 0.151. The first-order valence-electron chi connectivity index (χ1n) is 21.4.